The highest BCUT2D eigenvalue weighted by Gasteiger charge is 2.37. The summed E-state index contributed by atoms with van der Waals surface area (Å²) in [5.74, 6) is -1.71. The third kappa shape index (κ3) is 4.64. The van der Waals surface area contributed by atoms with Crippen molar-refractivity contribution in [2.75, 3.05) is 0 Å². The molecule has 8 heteroatoms. The number of pyridine rings is 1. The first-order chi connectivity index (χ1) is 13.4. The fourth-order valence-corrected chi connectivity index (χ4v) is 3.23. The van der Waals surface area contributed by atoms with Gasteiger partial charge in [-0.15, -0.1) is 0 Å². The minimum atomic E-state index is -1.16. The Morgan fingerprint density at radius 2 is 1.96 bits per heavy atom. The molecule has 0 bridgehead atoms. The lowest BCUT2D eigenvalue weighted by Gasteiger charge is -2.25. The van der Waals surface area contributed by atoms with Crippen molar-refractivity contribution >= 4 is 17.8 Å². The molecule has 3 rings (SSSR count). The van der Waals surface area contributed by atoms with Gasteiger partial charge in [-0.2, -0.15) is 0 Å². The minimum absolute atomic E-state index is 0.0740. The Hall–Kier alpha value is -3.42. The fourth-order valence-electron chi connectivity index (χ4n) is 3.23. The molecule has 2 amide bonds. The van der Waals surface area contributed by atoms with Gasteiger partial charge in [-0.3, -0.25) is 14.6 Å². The van der Waals surface area contributed by atoms with Crippen LogP contribution in [0, 0.1) is 0 Å². The number of carbonyl (C=O) groups excluding carboxylic acids is 2. The molecule has 2 aromatic rings. The molecule has 2 atom stereocenters. The molecule has 8 nitrogen and oxygen atoms in total. The average molecular weight is 383 g/mol. The number of hydrogen-bond acceptors (Lipinski definition) is 5. The van der Waals surface area contributed by atoms with Crippen molar-refractivity contribution in [1.82, 2.24) is 15.2 Å². The van der Waals surface area contributed by atoms with Crippen LogP contribution < -0.4 is 5.32 Å². The molecule has 2 heterocycles. The molecule has 1 fully saturated rings. The maximum atomic E-state index is 12.7. The standard InChI is InChI=1S/C20H21N3O5/c24-15-5-3-13(4-6-15)10-16(20(27)28)22-19(26)17-7-8-18(25)23(17)12-14-2-1-9-21-11-14/h1-6,9,11,16-17,24H,7-8,10,12H2,(H,22,26)(H,27,28)/t16-,17-/m0/s1. The van der Waals surface area contributed by atoms with Gasteiger partial charge in [-0.05, 0) is 35.7 Å². The van der Waals surface area contributed by atoms with E-state index in [1.165, 1.54) is 17.0 Å². The van der Waals surface area contributed by atoms with E-state index in [0.717, 1.165) is 5.56 Å². The summed E-state index contributed by atoms with van der Waals surface area (Å²) in [4.78, 5) is 42.0. The van der Waals surface area contributed by atoms with Crippen molar-refractivity contribution in [2.45, 2.75) is 37.9 Å². The quantitative estimate of drug-likeness (QED) is 0.658. The monoisotopic (exact) mass is 383 g/mol. The molecule has 1 aliphatic rings. The lowest BCUT2D eigenvalue weighted by atomic mass is 10.0. The Bertz CT molecular complexity index is 854. The summed E-state index contributed by atoms with van der Waals surface area (Å²) in [6, 6.07) is 7.85. The molecular weight excluding hydrogens is 362 g/mol. The van der Waals surface area contributed by atoms with Gasteiger partial charge in [0.25, 0.3) is 0 Å². The smallest absolute Gasteiger partial charge is 0.326 e. The second kappa shape index (κ2) is 8.51. The summed E-state index contributed by atoms with van der Waals surface area (Å²) in [5, 5.41) is 21.4. The highest BCUT2D eigenvalue weighted by atomic mass is 16.4. The van der Waals surface area contributed by atoms with Crippen molar-refractivity contribution in [3.05, 3.63) is 59.9 Å². The van der Waals surface area contributed by atoms with Gasteiger partial charge >= 0.3 is 5.97 Å². The van der Waals surface area contributed by atoms with E-state index in [1.807, 2.05) is 6.07 Å². The summed E-state index contributed by atoms with van der Waals surface area (Å²) in [5.41, 5.74) is 1.47. The van der Waals surface area contributed by atoms with E-state index in [9.17, 15) is 24.6 Å². The topological polar surface area (TPSA) is 120 Å². The molecule has 28 heavy (non-hydrogen) atoms. The second-order valence-corrected chi connectivity index (χ2v) is 6.71. The molecule has 0 spiro atoms. The predicted octanol–water partition coefficient (Wildman–Crippen LogP) is 1.09. The Balaban J connectivity index is 1.68. The van der Waals surface area contributed by atoms with Crippen LogP contribution >= 0.6 is 0 Å². The van der Waals surface area contributed by atoms with E-state index >= 15 is 0 Å². The van der Waals surface area contributed by atoms with Crippen LogP contribution in [-0.4, -0.2) is 50.0 Å². The van der Waals surface area contributed by atoms with Gasteiger partial charge in [0.2, 0.25) is 11.8 Å². The van der Waals surface area contributed by atoms with Crippen molar-refractivity contribution in [2.24, 2.45) is 0 Å². The number of benzene rings is 1. The van der Waals surface area contributed by atoms with Crippen LogP contribution in [0.5, 0.6) is 5.75 Å². The zero-order valence-corrected chi connectivity index (χ0v) is 15.1. The molecule has 3 N–H and O–H groups in total. The number of phenols is 1. The zero-order valence-electron chi connectivity index (χ0n) is 15.1. The number of aliphatic carboxylic acids is 1. The highest BCUT2D eigenvalue weighted by molar-refractivity contribution is 5.93. The van der Waals surface area contributed by atoms with E-state index in [-0.39, 0.29) is 31.0 Å². The number of hydrogen-bond donors (Lipinski definition) is 3. The Morgan fingerprint density at radius 1 is 1.21 bits per heavy atom. The maximum Gasteiger partial charge on any atom is 0.326 e. The molecule has 146 valence electrons. The number of likely N-dealkylation sites (tertiary alicyclic amines) is 1. The van der Waals surface area contributed by atoms with E-state index < -0.39 is 24.0 Å². The van der Waals surface area contributed by atoms with Crippen LogP contribution in [0.15, 0.2) is 48.8 Å². The van der Waals surface area contributed by atoms with Gasteiger partial charge in [0.05, 0.1) is 0 Å². The first-order valence-electron chi connectivity index (χ1n) is 8.93. The molecule has 0 saturated carbocycles. The fraction of sp³-hybridized carbons (Fsp3) is 0.300. The van der Waals surface area contributed by atoms with Crippen LogP contribution in [0.25, 0.3) is 0 Å². The van der Waals surface area contributed by atoms with Gasteiger partial charge in [-0.25, -0.2) is 4.79 Å². The number of nitrogens with one attached hydrogen (secondary N) is 1. The van der Waals surface area contributed by atoms with Gasteiger partial charge < -0.3 is 20.4 Å². The third-order valence-electron chi connectivity index (χ3n) is 4.70. The number of amides is 2. The third-order valence-corrected chi connectivity index (χ3v) is 4.70. The normalized spacial score (nSPS) is 17.4. The number of carboxylic acid groups (broad SMARTS) is 1. The Morgan fingerprint density at radius 3 is 2.61 bits per heavy atom. The first kappa shape index (κ1) is 19.3. The lowest BCUT2D eigenvalue weighted by molar-refractivity contribution is -0.143. The van der Waals surface area contributed by atoms with Crippen molar-refractivity contribution < 1.29 is 24.6 Å². The van der Waals surface area contributed by atoms with Crippen LogP contribution in [0.1, 0.15) is 24.0 Å². The highest BCUT2D eigenvalue weighted by Crippen LogP contribution is 2.22. The molecule has 0 aliphatic carbocycles. The molecular formula is C20H21N3O5. The summed E-state index contributed by atoms with van der Waals surface area (Å²) in [6.45, 7) is 0.250. The SMILES string of the molecule is O=C(O)[C@H](Cc1ccc(O)cc1)NC(=O)[C@@H]1CCC(=O)N1Cc1cccnc1. The van der Waals surface area contributed by atoms with Crippen LogP contribution in [0.4, 0.5) is 0 Å². The van der Waals surface area contributed by atoms with E-state index in [1.54, 1.807) is 30.6 Å². The number of carbonyl (C=O) groups is 3. The van der Waals surface area contributed by atoms with E-state index in [0.29, 0.717) is 12.0 Å². The summed E-state index contributed by atoms with van der Waals surface area (Å²) >= 11 is 0. The molecule has 1 saturated heterocycles. The van der Waals surface area contributed by atoms with Gasteiger partial charge in [0.15, 0.2) is 0 Å². The Labute approximate surface area is 161 Å². The largest absolute Gasteiger partial charge is 0.508 e. The van der Waals surface area contributed by atoms with Gasteiger partial charge in [0.1, 0.15) is 17.8 Å². The number of aromatic hydroxyl groups is 1. The van der Waals surface area contributed by atoms with Gasteiger partial charge in [-0.1, -0.05) is 18.2 Å². The summed E-state index contributed by atoms with van der Waals surface area (Å²) < 4.78 is 0. The molecule has 1 aromatic carbocycles. The number of aromatic nitrogens is 1. The van der Waals surface area contributed by atoms with Crippen molar-refractivity contribution in [3.63, 3.8) is 0 Å². The molecule has 0 unspecified atom stereocenters. The van der Waals surface area contributed by atoms with E-state index in [4.69, 9.17) is 0 Å². The predicted molar refractivity (Wildman–Crippen MR) is 99.2 cm³/mol. The number of nitrogens with zero attached hydrogens (tertiary/aromatic N) is 2. The van der Waals surface area contributed by atoms with Crippen LogP contribution in [0.3, 0.4) is 0 Å². The Kier molecular flexibility index (Phi) is 5.88. The molecule has 1 aromatic heterocycles. The molecule has 1 aliphatic heterocycles. The second-order valence-electron chi connectivity index (χ2n) is 6.71. The summed E-state index contributed by atoms with van der Waals surface area (Å²) in [6.07, 6.45) is 3.92. The minimum Gasteiger partial charge on any atom is -0.508 e. The number of rotatable bonds is 7. The maximum absolute atomic E-state index is 12.7. The number of carboxylic acids is 1. The zero-order chi connectivity index (χ0) is 20.1. The van der Waals surface area contributed by atoms with E-state index in [2.05, 4.69) is 10.3 Å². The van der Waals surface area contributed by atoms with Crippen LogP contribution in [0.2, 0.25) is 0 Å². The summed E-state index contributed by atoms with van der Waals surface area (Å²) in [7, 11) is 0. The van der Waals surface area contributed by atoms with Crippen molar-refractivity contribution in [3.8, 4) is 5.75 Å². The number of phenolic OH excluding ortho intramolecular Hbond substituents is 1. The van der Waals surface area contributed by atoms with Gasteiger partial charge in [0, 0.05) is 31.8 Å². The first-order valence-corrected chi connectivity index (χ1v) is 8.93. The average Bonchev–Trinajstić information content (AvgIpc) is 3.04. The van der Waals surface area contributed by atoms with Crippen molar-refractivity contribution in [1.29, 1.82) is 0 Å². The van der Waals surface area contributed by atoms with Crippen LogP contribution in [-0.2, 0) is 27.3 Å². The lowest BCUT2D eigenvalue weighted by Crippen LogP contribution is -2.50. The molecule has 0 radical (unpaired) electrons.